The number of aromatic nitrogens is 1. The van der Waals surface area contributed by atoms with E-state index in [0.717, 1.165) is 21.9 Å². The summed E-state index contributed by atoms with van der Waals surface area (Å²) in [5.74, 6) is 0.515. The first-order valence-corrected chi connectivity index (χ1v) is 6.29. The zero-order valence-corrected chi connectivity index (χ0v) is 10.1. The number of hydrogen-bond donors (Lipinski definition) is 1. The zero-order valence-electron chi connectivity index (χ0n) is 9.27. The standard InChI is InChI=1S/C13H13FN2S/c14-12-5-4-10(11(7-12)8-15)9-17-13-3-1-2-6-16-13/h1-7H,8-9,15H2. The molecule has 17 heavy (non-hydrogen) atoms. The second kappa shape index (κ2) is 5.80. The van der Waals surface area contributed by atoms with Gasteiger partial charge in [0.25, 0.3) is 0 Å². The van der Waals surface area contributed by atoms with E-state index in [2.05, 4.69) is 4.98 Å². The summed E-state index contributed by atoms with van der Waals surface area (Å²) in [7, 11) is 0. The van der Waals surface area contributed by atoms with Crippen LogP contribution in [0.3, 0.4) is 0 Å². The summed E-state index contributed by atoms with van der Waals surface area (Å²) >= 11 is 1.62. The van der Waals surface area contributed by atoms with Crippen LogP contribution in [0.2, 0.25) is 0 Å². The first kappa shape index (κ1) is 12.1. The van der Waals surface area contributed by atoms with Crippen molar-refractivity contribution in [2.45, 2.75) is 17.3 Å². The van der Waals surface area contributed by atoms with E-state index in [1.54, 1.807) is 24.0 Å². The molecule has 1 aromatic carbocycles. The van der Waals surface area contributed by atoms with Crippen LogP contribution in [0.1, 0.15) is 11.1 Å². The summed E-state index contributed by atoms with van der Waals surface area (Å²) in [4.78, 5) is 4.22. The van der Waals surface area contributed by atoms with Crippen molar-refractivity contribution < 1.29 is 4.39 Å². The molecule has 4 heteroatoms. The predicted octanol–water partition coefficient (Wildman–Crippen LogP) is 2.97. The first-order valence-electron chi connectivity index (χ1n) is 5.31. The number of halogens is 1. The van der Waals surface area contributed by atoms with E-state index in [1.165, 1.54) is 12.1 Å². The Balaban J connectivity index is 2.09. The van der Waals surface area contributed by atoms with Crippen molar-refractivity contribution in [3.63, 3.8) is 0 Å². The summed E-state index contributed by atoms with van der Waals surface area (Å²) in [5.41, 5.74) is 7.51. The minimum absolute atomic E-state index is 0.239. The normalized spacial score (nSPS) is 10.5. The molecule has 0 spiro atoms. The maximum Gasteiger partial charge on any atom is 0.123 e. The lowest BCUT2D eigenvalue weighted by Crippen LogP contribution is -2.01. The molecule has 1 aromatic heterocycles. The van der Waals surface area contributed by atoms with Crippen molar-refractivity contribution >= 4 is 11.8 Å². The Kier molecular flexibility index (Phi) is 4.12. The third kappa shape index (κ3) is 3.28. The molecular weight excluding hydrogens is 235 g/mol. The molecule has 2 nitrogen and oxygen atoms in total. The van der Waals surface area contributed by atoms with Gasteiger partial charge in [0.15, 0.2) is 0 Å². The number of thioether (sulfide) groups is 1. The number of benzene rings is 1. The van der Waals surface area contributed by atoms with Gasteiger partial charge in [0.2, 0.25) is 0 Å². The molecule has 0 aliphatic heterocycles. The highest BCUT2D eigenvalue weighted by Gasteiger charge is 2.04. The van der Waals surface area contributed by atoms with Crippen LogP contribution in [0, 0.1) is 5.82 Å². The average molecular weight is 248 g/mol. The van der Waals surface area contributed by atoms with Gasteiger partial charge in [0, 0.05) is 18.5 Å². The van der Waals surface area contributed by atoms with Gasteiger partial charge >= 0.3 is 0 Å². The van der Waals surface area contributed by atoms with Gasteiger partial charge in [-0.05, 0) is 35.4 Å². The quantitative estimate of drug-likeness (QED) is 0.845. The van der Waals surface area contributed by atoms with Gasteiger partial charge in [0.1, 0.15) is 5.82 Å². The Morgan fingerprint density at radius 2 is 2.06 bits per heavy atom. The summed E-state index contributed by atoms with van der Waals surface area (Å²) in [6, 6.07) is 10.5. The highest BCUT2D eigenvalue weighted by molar-refractivity contribution is 7.98. The smallest absolute Gasteiger partial charge is 0.123 e. The predicted molar refractivity (Wildman–Crippen MR) is 68.1 cm³/mol. The van der Waals surface area contributed by atoms with Crippen LogP contribution in [-0.2, 0) is 12.3 Å². The van der Waals surface area contributed by atoms with Crippen LogP contribution in [0.4, 0.5) is 4.39 Å². The number of nitrogens with two attached hydrogens (primary N) is 1. The molecule has 2 aromatic rings. The summed E-state index contributed by atoms with van der Waals surface area (Å²) in [6.07, 6.45) is 1.76. The second-order valence-electron chi connectivity index (χ2n) is 3.57. The Labute approximate surface area is 104 Å². The minimum atomic E-state index is -0.239. The summed E-state index contributed by atoms with van der Waals surface area (Å²) in [5, 5.41) is 0.958. The molecule has 0 aliphatic carbocycles. The van der Waals surface area contributed by atoms with Gasteiger partial charge in [-0.3, -0.25) is 0 Å². The molecule has 0 fully saturated rings. The maximum absolute atomic E-state index is 13.0. The zero-order chi connectivity index (χ0) is 12.1. The minimum Gasteiger partial charge on any atom is -0.326 e. The van der Waals surface area contributed by atoms with E-state index in [-0.39, 0.29) is 5.82 Å². The van der Waals surface area contributed by atoms with E-state index in [0.29, 0.717) is 6.54 Å². The van der Waals surface area contributed by atoms with Crippen molar-refractivity contribution in [2.75, 3.05) is 0 Å². The lowest BCUT2D eigenvalue weighted by Gasteiger charge is -2.07. The van der Waals surface area contributed by atoms with E-state index < -0.39 is 0 Å². The molecule has 0 radical (unpaired) electrons. The molecule has 2 N–H and O–H groups in total. The number of hydrogen-bond acceptors (Lipinski definition) is 3. The molecule has 0 unspecified atom stereocenters. The third-order valence-electron chi connectivity index (χ3n) is 2.40. The van der Waals surface area contributed by atoms with Crippen molar-refractivity contribution in [3.8, 4) is 0 Å². The van der Waals surface area contributed by atoms with Crippen LogP contribution in [0.25, 0.3) is 0 Å². The van der Waals surface area contributed by atoms with Crippen LogP contribution in [0.15, 0.2) is 47.6 Å². The molecule has 0 aliphatic rings. The van der Waals surface area contributed by atoms with Crippen LogP contribution in [-0.4, -0.2) is 4.98 Å². The molecular formula is C13H13FN2S. The van der Waals surface area contributed by atoms with E-state index in [4.69, 9.17) is 5.73 Å². The summed E-state index contributed by atoms with van der Waals surface area (Å²) in [6.45, 7) is 0.357. The van der Waals surface area contributed by atoms with Gasteiger partial charge in [-0.2, -0.15) is 0 Å². The Morgan fingerprint density at radius 1 is 1.18 bits per heavy atom. The molecule has 1 heterocycles. The topological polar surface area (TPSA) is 38.9 Å². The van der Waals surface area contributed by atoms with Crippen LogP contribution >= 0.6 is 11.8 Å². The molecule has 0 amide bonds. The van der Waals surface area contributed by atoms with Crippen molar-refractivity contribution in [2.24, 2.45) is 5.73 Å². The molecule has 0 saturated heterocycles. The Hall–Kier alpha value is -1.39. The lowest BCUT2D eigenvalue weighted by atomic mass is 10.1. The second-order valence-corrected chi connectivity index (χ2v) is 4.57. The van der Waals surface area contributed by atoms with Gasteiger partial charge in [-0.25, -0.2) is 9.37 Å². The van der Waals surface area contributed by atoms with Gasteiger partial charge in [-0.1, -0.05) is 12.1 Å². The average Bonchev–Trinajstić information content (AvgIpc) is 2.38. The molecule has 2 rings (SSSR count). The first-order chi connectivity index (χ1) is 8.29. The molecule has 0 atom stereocenters. The van der Waals surface area contributed by atoms with E-state index in [9.17, 15) is 4.39 Å². The fourth-order valence-corrected chi connectivity index (χ4v) is 2.40. The van der Waals surface area contributed by atoms with Crippen molar-refractivity contribution in [3.05, 3.63) is 59.5 Å². The highest BCUT2D eigenvalue weighted by atomic mass is 32.2. The largest absolute Gasteiger partial charge is 0.326 e. The Morgan fingerprint density at radius 3 is 2.76 bits per heavy atom. The highest BCUT2D eigenvalue weighted by Crippen LogP contribution is 2.22. The lowest BCUT2D eigenvalue weighted by molar-refractivity contribution is 0.624. The maximum atomic E-state index is 13.0. The third-order valence-corrected chi connectivity index (χ3v) is 3.39. The molecule has 88 valence electrons. The van der Waals surface area contributed by atoms with Crippen molar-refractivity contribution in [1.82, 2.24) is 4.98 Å². The number of nitrogens with zero attached hydrogens (tertiary/aromatic N) is 1. The Bertz CT molecular complexity index is 488. The van der Waals surface area contributed by atoms with Gasteiger partial charge in [0.05, 0.1) is 5.03 Å². The van der Waals surface area contributed by atoms with Gasteiger partial charge < -0.3 is 5.73 Å². The van der Waals surface area contributed by atoms with Crippen molar-refractivity contribution in [1.29, 1.82) is 0 Å². The van der Waals surface area contributed by atoms with E-state index >= 15 is 0 Å². The monoisotopic (exact) mass is 248 g/mol. The number of pyridine rings is 1. The van der Waals surface area contributed by atoms with Gasteiger partial charge in [-0.15, -0.1) is 11.8 Å². The fraction of sp³-hybridized carbons (Fsp3) is 0.154. The van der Waals surface area contributed by atoms with Crippen LogP contribution < -0.4 is 5.73 Å². The number of rotatable bonds is 4. The fourth-order valence-electron chi connectivity index (χ4n) is 1.51. The SMILES string of the molecule is NCc1cc(F)ccc1CSc1ccccn1. The van der Waals surface area contributed by atoms with Crippen LogP contribution in [0.5, 0.6) is 0 Å². The summed E-state index contributed by atoms with van der Waals surface area (Å²) < 4.78 is 13.0. The molecule has 0 saturated carbocycles. The van der Waals surface area contributed by atoms with E-state index in [1.807, 2.05) is 18.2 Å². The molecule has 0 bridgehead atoms.